The molecule has 5 nitrogen and oxygen atoms in total. The Labute approximate surface area is 130 Å². The van der Waals surface area contributed by atoms with Crippen molar-refractivity contribution in [2.75, 3.05) is 6.54 Å². The Balaban J connectivity index is 2.14. The van der Waals surface area contributed by atoms with Crippen molar-refractivity contribution in [2.45, 2.75) is 25.2 Å². The van der Waals surface area contributed by atoms with Crippen LogP contribution in [0.1, 0.15) is 16.7 Å². The molecule has 0 bridgehead atoms. The number of phenolic OH excluding ortho intramolecular Hbond substituents is 2. The van der Waals surface area contributed by atoms with Crippen LogP contribution in [0.4, 0.5) is 0 Å². The zero-order valence-corrected chi connectivity index (χ0v) is 13.3. The number of sulfonamides is 1. The van der Waals surface area contributed by atoms with Gasteiger partial charge in [0.1, 0.15) is 11.5 Å². The molecule has 2 aromatic rings. The third-order valence-electron chi connectivity index (χ3n) is 3.39. The maximum Gasteiger partial charge on any atom is 0.241 e. The number of hydrogen-bond donors (Lipinski definition) is 3. The third-order valence-corrected chi connectivity index (χ3v) is 5.16. The summed E-state index contributed by atoms with van der Waals surface area (Å²) in [5, 5.41) is 19.2. The lowest BCUT2D eigenvalue weighted by molar-refractivity contribution is 0.467. The summed E-state index contributed by atoms with van der Waals surface area (Å²) in [7, 11) is -3.66. The molecule has 0 aromatic heterocycles. The SMILES string of the molecule is Cc1cc(O)cc(C)c1S(=O)(=O)NCCc1ccccc1O. The molecule has 3 N–H and O–H groups in total. The monoisotopic (exact) mass is 321 g/mol. The Morgan fingerprint density at radius 2 is 1.64 bits per heavy atom. The molecule has 0 fully saturated rings. The fourth-order valence-corrected chi connectivity index (χ4v) is 3.95. The summed E-state index contributed by atoms with van der Waals surface area (Å²) < 4.78 is 27.3. The molecule has 6 heteroatoms. The minimum Gasteiger partial charge on any atom is -0.508 e. The Hall–Kier alpha value is -2.05. The molecule has 2 rings (SSSR count). The van der Waals surface area contributed by atoms with Crippen LogP contribution in [0.3, 0.4) is 0 Å². The Morgan fingerprint density at radius 1 is 1.05 bits per heavy atom. The van der Waals surface area contributed by atoms with Gasteiger partial charge in [-0.2, -0.15) is 0 Å². The van der Waals surface area contributed by atoms with Crippen molar-refractivity contribution in [3.63, 3.8) is 0 Å². The molecule has 0 unspecified atom stereocenters. The first kappa shape index (κ1) is 16.3. The van der Waals surface area contributed by atoms with Gasteiger partial charge in [-0.05, 0) is 55.2 Å². The van der Waals surface area contributed by atoms with E-state index in [1.807, 2.05) is 0 Å². The summed E-state index contributed by atoms with van der Waals surface area (Å²) in [5.41, 5.74) is 1.67. The van der Waals surface area contributed by atoms with Gasteiger partial charge < -0.3 is 10.2 Å². The van der Waals surface area contributed by atoms with Gasteiger partial charge in [-0.15, -0.1) is 0 Å². The second-order valence-corrected chi connectivity index (χ2v) is 6.89. The van der Waals surface area contributed by atoms with Gasteiger partial charge >= 0.3 is 0 Å². The van der Waals surface area contributed by atoms with Crippen LogP contribution in [-0.4, -0.2) is 25.2 Å². The lowest BCUT2D eigenvalue weighted by atomic mass is 10.1. The first-order valence-corrected chi connectivity index (χ1v) is 8.36. The van der Waals surface area contributed by atoms with Crippen LogP contribution in [0.5, 0.6) is 11.5 Å². The van der Waals surface area contributed by atoms with E-state index in [4.69, 9.17) is 0 Å². The predicted octanol–water partition coefficient (Wildman–Crippen LogP) is 2.24. The summed E-state index contributed by atoms with van der Waals surface area (Å²) in [5.74, 6) is 0.196. The molecule has 0 saturated heterocycles. The minimum atomic E-state index is -3.66. The maximum absolute atomic E-state index is 12.4. The second-order valence-electron chi connectivity index (χ2n) is 5.19. The van der Waals surface area contributed by atoms with Gasteiger partial charge in [0, 0.05) is 6.54 Å². The van der Waals surface area contributed by atoms with E-state index >= 15 is 0 Å². The highest BCUT2D eigenvalue weighted by atomic mass is 32.2. The number of phenols is 2. The molecule has 118 valence electrons. The van der Waals surface area contributed by atoms with E-state index in [0.717, 1.165) is 0 Å². The zero-order chi connectivity index (χ0) is 16.3. The molecular weight excluding hydrogens is 302 g/mol. The van der Waals surface area contributed by atoms with Crippen molar-refractivity contribution >= 4 is 10.0 Å². The largest absolute Gasteiger partial charge is 0.508 e. The van der Waals surface area contributed by atoms with Crippen LogP contribution in [-0.2, 0) is 16.4 Å². The maximum atomic E-state index is 12.4. The first-order valence-electron chi connectivity index (χ1n) is 6.88. The average molecular weight is 321 g/mol. The predicted molar refractivity (Wildman–Crippen MR) is 84.6 cm³/mol. The number of aryl methyl sites for hydroxylation is 2. The molecule has 22 heavy (non-hydrogen) atoms. The number of para-hydroxylation sites is 1. The van der Waals surface area contributed by atoms with Gasteiger partial charge in [-0.1, -0.05) is 18.2 Å². The van der Waals surface area contributed by atoms with Crippen LogP contribution in [0.25, 0.3) is 0 Å². The molecule has 0 spiro atoms. The van der Waals surface area contributed by atoms with Crippen molar-refractivity contribution in [3.8, 4) is 11.5 Å². The van der Waals surface area contributed by atoms with Crippen LogP contribution in [0, 0.1) is 13.8 Å². The fraction of sp³-hybridized carbons (Fsp3) is 0.250. The van der Waals surface area contributed by atoms with E-state index in [2.05, 4.69) is 4.72 Å². The molecular formula is C16H19NO4S. The average Bonchev–Trinajstić information content (AvgIpc) is 2.39. The van der Waals surface area contributed by atoms with Crippen molar-refractivity contribution in [1.82, 2.24) is 4.72 Å². The molecule has 0 saturated carbocycles. The summed E-state index contributed by atoms with van der Waals surface area (Å²) in [4.78, 5) is 0.183. The highest BCUT2D eigenvalue weighted by Crippen LogP contribution is 2.25. The number of hydrogen-bond acceptors (Lipinski definition) is 4. The van der Waals surface area contributed by atoms with Gasteiger partial charge in [0.15, 0.2) is 0 Å². The summed E-state index contributed by atoms with van der Waals surface area (Å²) in [6.07, 6.45) is 0.391. The molecule has 2 aromatic carbocycles. The molecule has 0 heterocycles. The second kappa shape index (κ2) is 6.37. The van der Waals surface area contributed by atoms with Gasteiger partial charge in [-0.3, -0.25) is 0 Å². The fourth-order valence-electron chi connectivity index (χ4n) is 2.47. The van der Waals surface area contributed by atoms with E-state index in [0.29, 0.717) is 23.1 Å². The van der Waals surface area contributed by atoms with Crippen LogP contribution < -0.4 is 4.72 Å². The van der Waals surface area contributed by atoms with Crippen molar-refractivity contribution in [3.05, 3.63) is 53.1 Å². The number of nitrogens with one attached hydrogen (secondary N) is 1. The third kappa shape index (κ3) is 3.58. The smallest absolute Gasteiger partial charge is 0.241 e. The quantitative estimate of drug-likeness (QED) is 0.788. The van der Waals surface area contributed by atoms with E-state index in [-0.39, 0.29) is 22.9 Å². The zero-order valence-electron chi connectivity index (χ0n) is 12.5. The first-order chi connectivity index (χ1) is 10.3. The molecule has 0 amide bonds. The molecule has 0 atom stereocenters. The van der Waals surface area contributed by atoms with Gasteiger partial charge in [0.25, 0.3) is 0 Å². The van der Waals surface area contributed by atoms with Crippen LogP contribution >= 0.6 is 0 Å². The molecule has 0 aliphatic rings. The Bertz CT molecular complexity index is 761. The van der Waals surface area contributed by atoms with Crippen molar-refractivity contribution < 1.29 is 18.6 Å². The lowest BCUT2D eigenvalue weighted by Crippen LogP contribution is -2.27. The Kier molecular flexibility index (Phi) is 4.73. The van der Waals surface area contributed by atoms with Gasteiger partial charge in [0.05, 0.1) is 4.90 Å². The van der Waals surface area contributed by atoms with E-state index < -0.39 is 10.0 Å². The van der Waals surface area contributed by atoms with Gasteiger partial charge in [-0.25, -0.2) is 13.1 Å². The normalized spacial score (nSPS) is 11.5. The van der Waals surface area contributed by atoms with E-state index in [1.54, 1.807) is 38.1 Å². The van der Waals surface area contributed by atoms with Crippen LogP contribution in [0.15, 0.2) is 41.3 Å². The molecule has 0 aliphatic carbocycles. The molecule has 0 radical (unpaired) electrons. The van der Waals surface area contributed by atoms with Crippen LogP contribution in [0.2, 0.25) is 0 Å². The lowest BCUT2D eigenvalue weighted by Gasteiger charge is -2.13. The highest BCUT2D eigenvalue weighted by Gasteiger charge is 2.19. The number of benzene rings is 2. The van der Waals surface area contributed by atoms with E-state index in [9.17, 15) is 18.6 Å². The summed E-state index contributed by atoms with van der Waals surface area (Å²) in [6, 6.07) is 9.66. The Morgan fingerprint density at radius 3 is 2.23 bits per heavy atom. The summed E-state index contributed by atoms with van der Waals surface area (Å²) in [6.45, 7) is 3.47. The number of rotatable bonds is 5. The van der Waals surface area contributed by atoms with Gasteiger partial charge in [0.2, 0.25) is 10.0 Å². The standard InChI is InChI=1S/C16H19NO4S/c1-11-9-14(18)10-12(2)16(11)22(20,21)17-8-7-13-5-3-4-6-15(13)19/h3-6,9-10,17-19H,7-8H2,1-2H3. The topological polar surface area (TPSA) is 86.6 Å². The van der Waals surface area contributed by atoms with Crippen molar-refractivity contribution in [1.29, 1.82) is 0 Å². The minimum absolute atomic E-state index is 0.0446. The molecule has 0 aliphatic heterocycles. The highest BCUT2D eigenvalue weighted by molar-refractivity contribution is 7.89. The van der Waals surface area contributed by atoms with Crippen molar-refractivity contribution in [2.24, 2.45) is 0 Å². The summed E-state index contributed by atoms with van der Waals surface area (Å²) >= 11 is 0. The van der Waals surface area contributed by atoms with E-state index in [1.165, 1.54) is 12.1 Å². The number of aromatic hydroxyl groups is 2.